The molecule has 6 nitrogen and oxygen atoms in total. The fraction of sp³-hybridized carbons (Fsp3) is 0.538. The zero-order chi connectivity index (χ0) is 15.2. The van der Waals surface area contributed by atoms with E-state index in [1.807, 2.05) is 11.2 Å². The Labute approximate surface area is 132 Å². The van der Waals surface area contributed by atoms with Crippen LogP contribution in [-0.2, 0) is 4.79 Å². The van der Waals surface area contributed by atoms with Crippen molar-refractivity contribution in [3.05, 3.63) is 16.9 Å². The van der Waals surface area contributed by atoms with Crippen LogP contribution in [0.4, 0.5) is 0 Å². The van der Waals surface area contributed by atoms with Crippen LogP contribution in [0.5, 0.6) is 0 Å². The molecule has 0 saturated carbocycles. The van der Waals surface area contributed by atoms with E-state index in [-0.39, 0.29) is 22.5 Å². The summed E-state index contributed by atoms with van der Waals surface area (Å²) in [4.78, 5) is 33.4. The van der Waals surface area contributed by atoms with Gasteiger partial charge in [0.2, 0.25) is 5.91 Å². The Kier molecular flexibility index (Phi) is 5.81. The monoisotopic (exact) mass is 328 g/mol. The molecule has 0 bridgehead atoms. The van der Waals surface area contributed by atoms with Crippen molar-refractivity contribution in [3.63, 3.8) is 0 Å². The highest BCUT2D eigenvalue weighted by atomic mass is 35.5. The fourth-order valence-electron chi connectivity index (χ4n) is 2.10. The van der Waals surface area contributed by atoms with E-state index in [1.165, 1.54) is 18.0 Å². The van der Waals surface area contributed by atoms with Crippen molar-refractivity contribution >= 4 is 35.2 Å². The number of aromatic nitrogens is 2. The van der Waals surface area contributed by atoms with E-state index in [0.717, 1.165) is 19.4 Å². The molecule has 114 valence electrons. The van der Waals surface area contributed by atoms with Crippen molar-refractivity contribution < 1.29 is 9.59 Å². The first kappa shape index (κ1) is 16.0. The number of hydrogen-bond acceptors (Lipinski definition) is 5. The van der Waals surface area contributed by atoms with Gasteiger partial charge in [-0.2, -0.15) is 0 Å². The lowest BCUT2D eigenvalue weighted by Crippen LogP contribution is -2.31. The SMILES string of the molecule is CSc1ncc(Cl)c(C(=O)NCCCN2CCCC2=O)n1. The van der Waals surface area contributed by atoms with Crippen molar-refractivity contribution in [3.8, 4) is 0 Å². The summed E-state index contributed by atoms with van der Waals surface area (Å²) in [5.74, 6) is -0.116. The summed E-state index contributed by atoms with van der Waals surface area (Å²) in [6.07, 6.45) is 5.55. The number of nitrogens with zero attached hydrogens (tertiary/aromatic N) is 3. The molecular weight excluding hydrogens is 312 g/mol. The summed E-state index contributed by atoms with van der Waals surface area (Å²) < 4.78 is 0. The summed E-state index contributed by atoms with van der Waals surface area (Å²) in [6, 6.07) is 0. The molecule has 1 aromatic heterocycles. The number of likely N-dealkylation sites (tertiary alicyclic amines) is 1. The van der Waals surface area contributed by atoms with Gasteiger partial charge in [-0.1, -0.05) is 23.4 Å². The fourth-order valence-corrected chi connectivity index (χ4v) is 2.62. The molecule has 1 fully saturated rings. The van der Waals surface area contributed by atoms with Gasteiger partial charge in [0.25, 0.3) is 5.91 Å². The van der Waals surface area contributed by atoms with Crippen molar-refractivity contribution in [1.29, 1.82) is 0 Å². The lowest BCUT2D eigenvalue weighted by atomic mass is 10.3. The molecule has 0 aliphatic carbocycles. The highest BCUT2D eigenvalue weighted by molar-refractivity contribution is 7.98. The Bertz CT molecular complexity index is 541. The van der Waals surface area contributed by atoms with Crippen LogP contribution in [0.1, 0.15) is 29.8 Å². The van der Waals surface area contributed by atoms with Gasteiger partial charge >= 0.3 is 0 Å². The zero-order valence-electron chi connectivity index (χ0n) is 11.8. The number of carbonyl (C=O) groups excluding carboxylic acids is 2. The Balaban J connectivity index is 1.80. The molecule has 0 unspecified atom stereocenters. The predicted octanol–water partition coefficient (Wildman–Crippen LogP) is 1.59. The standard InChI is InChI=1S/C13H17ClN4O2S/c1-21-13-16-8-9(14)11(17-13)12(20)15-5-3-7-18-6-2-4-10(18)19/h8H,2-7H2,1H3,(H,15,20). The van der Waals surface area contributed by atoms with Crippen molar-refractivity contribution in [1.82, 2.24) is 20.2 Å². The lowest BCUT2D eigenvalue weighted by molar-refractivity contribution is -0.127. The molecular formula is C13H17ClN4O2S. The van der Waals surface area contributed by atoms with Gasteiger partial charge in [-0.05, 0) is 19.1 Å². The number of nitrogens with one attached hydrogen (secondary N) is 1. The van der Waals surface area contributed by atoms with Crippen LogP contribution in [0.2, 0.25) is 5.02 Å². The van der Waals surface area contributed by atoms with Crippen LogP contribution >= 0.6 is 23.4 Å². The van der Waals surface area contributed by atoms with Crippen LogP contribution in [0.3, 0.4) is 0 Å². The molecule has 8 heteroatoms. The second-order valence-electron chi connectivity index (χ2n) is 4.65. The van der Waals surface area contributed by atoms with Crippen LogP contribution in [0, 0.1) is 0 Å². The number of carbonyl (C=O) groups is 2. The summed E-state index contributed by atoms with van der Waals surface area (Å²) in [5, 5.41) is 3.51. The molecule has 1 aromatic rings. The van der Waals surface area contributed by atoms with Gasteiger partial charge in [0.05, 0.1) is 11.2 Å². The molecule has 1 aliphatic rings. The van der Waals surface area contributed by atoms with E-state index < -0.39 is 0 Å². The van der Waals surface area contributed by atoms with Crippen molar-refractivity contribution in [2.24, 2.45) is 0 Å². The van der Waals surface area contributed by atoms with Crippen LogP contribution < -0.4 is 5.32 Å². The third kappa shape index (κ3) is 4.31. The third-order valence-electron chi connectivity index (χ3n) is 3.18. The van der Waals surface area contributed by atoms with Gasteiger partial charge in [0.1, 0.15) is 0 Å². The number of hydrogen-bond donors (Lipinski definition) is 1. The Hall–Kier alpha value is -1.34. The normalized spacial score (nSPS) is 14.6. The molecule has 0 aromatic carbocycles. The summed E-state index contributed by atoms with van der Waals surface area (Å²) in [6.45, 7) is 1.98. The molecule has 1 aliphatic heterocycles. The highest BCUT2D eigenvalue weighted by Crippen LogP contribution is 2.16. The first-order valence-electron chi connectivity index (χ1n) is 6.74. The molecule has 2 amide bonds. The van der Waals surface area contributed by atoms with Gasteiger partial charge in [-0.3, -0.25) is 9.59 Å². The van der Waals surface area contributed by atoms with E-state index in [2.05, 4.69) is 15.3 Å². The molecule has 0 atom stereocenters. The maximum absolute atomic E-state index is 12.0. The van der Waals surface area contributed by atoms with Gasteiger partial charge < -0.3 is 10.2 Å². The molecule has 2 rings (SSSR count). The Morgan fingerprint density at radius 1 is 1.57 bits per heavy atom. The highest BCUT2D eigenvalue weighted by Gasteiger charge is 2.19. The van der Waals surface area contributed by atoms with Crippen LogP contribution in [-0.4, -0.2) is 52.6 Å². The quantitative estimate of drug-likeness (QED) is 0.487. The molecule has 21 heavy (non-hydrogen) atoms. The third-order valence-corrected chi connectivity index (χ3v) is 4.02. The molecule has 0 radical (unpaired) electrons. The summed E-state index contributed by atoms with van der Waals surface area (Å²) in [5.41, 5.74) is 0.188. The second-order valence-corrected chi connectivity index (χ2v) is 5.83. The van der Waals surface area contributed by atoms with Crippen LogP contribution in [0.15, 0.2) is 11.4 Å². The number of thioether (sulfide) groups is 1. The number of amides is 2. The molecule has 2 heterocycles. The maximum atomic E-state index is 12.0. The topological polar surface area (TPSA) is 75.2 Å². The average molecular weight is 329 g/mol. The van der Waals surface area contributed by atoms with E-state index in [0.29, 0.717) is 24.7 Å². The zero-order valence-corrected chi connectivity index (χ0v) is 13.3. The van der Waals surface area contributed by atoms with Gasteiger partial charge in [0.15, 0.2) is 10.9 Å². The molecule has 0 spiro atoms. The minimum atomic E-state index is -0.314. The number of halogens is 1. The van der Waals surface area contributed by atoms with Crippen LogP contribution in [0.25, 0.3) is 0 Å². The van der Waals surface area contributed by atoms with Gasteiger partial charge in [-0.25, -0.2) is 9.97 Å². The molecule has 1 N–H and O–H groups in total. The number of rotatable bonds is 6. The van der Waals surface area contributed by atoms with Gasteiger partial charge in [-0.15, -0.1) is 0 Å². The first-order valence-corrected chi connectivity index (χ1v) is 8.34. The van der Waals surface area contributed by atoms with E-state index in [1.54, 1.807) is 0 Å². The summed E-state index contributed by atoms with van der Waals surface area (Å²) >= 11 is 7.29. The first-order chi connectivity index (χ1) is 10.1. The van der Waals surface area contributed by atoms with Crippen molar-refractivity contribution in [2.45, 2.75) is 24.4 Å². The maximum Gasteiger partial charge on any atom is 0.271 e. The second kappa shape index (κ2) is 7.61. The smallest absolute Gasteiger partial charge is 0.271 e. The average Bonchev–Trinajstić information content (AvgIpc) is 2.89. The minimum Gasteiger partial charge on any atom is -0.351 e. The minimum absolute atomic E-state index is 0.188. The van der Waals surface area contributed by atoms with E-state index in [4.69, 9.17) is 11.6 Å². The Morgan fingerprint density at radius 2 is 2.38 bits per heavy atom. The molecule has 1 saturated heterocycles. The predicted molar refractivity (Wildman–Crippen MR) is 81.6 cm³/mol. The Morgan fingerprint density at radius 3 is 3.05 bits per heavy atom. The lowest BCUT2D eigenvalue weighted by Gasteiger charge is -2.15. The summed E-state index contributed by atoms with van der Waals surface area (Å²) in [7, 11) is 0. The van der Waals surface area contributed by atoms with Gasteiger partial charge in [0, 0.05) is 26.1 Å². The largest absolute Gasteiger partial charge is 0.351 e. The van der Waals surface area contributed by atoms with E-state index >= 15 is 0 Å². The van der Waals surface area contributed by atoms with Crippen molar-refractivity contribution in [2.75, 3.05) is 25.9 Å². The van der Waals surface area contributed by atoms with E-state index in [9.17, 15) is 9.59 Å².